The van der Waals surface area contributed by atoms with Crippen molar-refractivity contribution in [3.8, 4) is 17.6 Å². The van der Waals surface area contributed by atoms with E-state index >= 15 is 0 Å². The Balaban J connectivity index is 1.40. The number of ether oxygens (including phenoxy) is 3. The number of fused-ring (bicyclic) bond motifs is 1. The van der Waals surface area contributed by atoms with Crippen LogP contribution in [0.2, 0.25) is 5.02 Å². The summed E-state index contributed by atoms with van der Waals surface area (Å²) in [6, 6.07) is 16.3. The summed E-state index contributed by atoms with van der Waals surface area (Å²) >= 11 is 6.56. The van der Waals surface area contributed by atoms with E-state index in [-0.39, 0.29) is 51.2 Å². The Bertz CT molecular complexity index is 1770. The number of carbonyl (C=O) groups excluding carboxylic acids is 1. The number of nitrogens with one attached hydrogen (secondary N) is 2. The second-order valence-corrected chi connectivity index (χ2v) is 10.9. The van der Waals surface area contributed by atoms with Crippen molar-refractivity contribution in [2.75, 3.05) is 56.8 Å². The van der Waals surface area contributed by atoms with Crippen LogP contribution >= 0.6 is 11.6 Å². The first-order valence-corrected chi connectivity index (χ1v) is 15.8. The second-order valence-electron chi connectivity index (χ2n) is 10.5. The lowest BCUT2D eigenvalue weighted by molar-refractivity contribution is -0.365. The summed E-state index contributed by atoms with van der Waals surface area (Å²) in [4.78, 5) is 32.3. The largest absolute Gasteiger partial charge is 0.486 e. The van der Waals surface area contributed by atoms with Crippen LogP contribution in [0.5, 0.6) is 11.5 Å². The number of benzene rings is 2. The molecule has 15 heteroatoms. The SMILES string of the molecule is N#Cc1cnc2cc(OC3CCOC3)c(NC(=O)/C=C/CN(OCCO)OCCO)cc2c1Nc1ccc(OCc2ccccn2)c(Cl)c1. The summed E-state index contributed by atoms with van der Waals surface area (Å²) in [5.74, 6) is 0.365. The smallest absolute Gasteiger partial charge is 0.248 e. The molecule has 256 valence electrons. The summed E-state index contributed by atoms with van der Waals surface area (Å²) in [5.41, 5.74) is 2.92. The highest BCUT2D eigenvalue weighted by Gasteiger charge is 2.21. The molecule has 1 aliphatic heterocycles. The van der Waals surface area contributed by atoms with Crippen molar-refractivity contribution in [1.29, 1.82) is 5.26 Å². The molecular weight excluding hydrogens is 656 g/mol. The Hall–Kier alpha value is -4.85. The molecule has 3 heterocycles. The number of hydroxylamine groups is 2. The van der Waals surface area contributed by atoms with Gasteiger partial charge in [-0.25, -0.2) is 0 Å². The zero-order valence-electron chi connectivity index (χ0n) is 26.4. The topological polar surface area (TPSA) is 181 Å². The summed E-state index contributed by atoms with van der Waals surface area (Å²) in [7, 11) is 0. The first-order valence-electron chi connectivity index (χ1n) is 15.4. The molecule has 1 aliphatic rings. The van der Waals surface area contributed by atoms with Crippen LogP contribution in [0.15, 0.2) is 73.1 Å². The molecule has 4 N–H and O–H groups in total. The van der Waals surface area contributed by atoms with Gasteiger partial charge in [0.2, 0.25) is 5.91 Å². The normalized spacial score (nSPS) is 14.3. The molecule has 0 bridgehead atoms. The van der Waals surface area contributed by atoms with E-state index < -0.39 is 5.91 Å². The van der Waals surface area contributed by atoms with Crippen molar-refractivity contribution in [1.82, 2.24) is 15.2 Å². The maximum absolute atomic E-state index is 13.1. The van der Waals surface area contributed by atoms with Gasteiger partial charge in [-0.05, 0) is 36.4 Å². The molecule has 1 saturated heterocycles. The van der Waals surface area contributed by atoms with E-state index in [1.54, 1.807) is 36.5 Å². The Morgan fingerprint density at radius 1 is 1.12 bits per heavy atom. The number of nitriles is 1. The number of hydrogen-bond donors (Lipinski definition) is 4. The van der Waals surface area contributed by atoms with Crippen molar-refractivity contribution in [3.63, 3.8) is 0 Å². The lowest BCUT2D eigenvalue weighted by Gasteiger charge is -2.19. The van der Waals surface area contributed by atoms with E-state index in [9.17, 15) is 10.1 Å². The third-order valence-electron chi connectivity index (χ3n) is 7.01. The maximum atomic E-state index is 13.1. The molecule has 0 saturated carbocycles. The highest BCUT2D eigenvalue weighted by atomic mass is 35.5. The van der Waals surface area contributed by atoms with E-state index in [4.69, 9.17) is 45.7 Å². The van der Waals surface area contributed by atoms with Gasteiger partial charge >= 0.3 is 0 Å². The molecule has 1 unspecified atom stereocenters. The number of nitrogens with zero attached hydrogens (tertiary/aromatic N) is 4. The molecule has 0 spiro atoms. The molecule has 14 nitrogen and oxygen atoms in total. The molecule has 2 aromatic carbocycles. The van der Waals surface area contributed by atoms with Crippen LogP contribution in [0.4, 0.5) is 17.1 Å². The van der Waals surface area contributed by atoms with Crippen LogP contribution < -0.4 is 20.1 Å². The Kier molecular flexibility index (Phi) is 13.1. The number of aliphatic hydroxyl groups excluding tert-OH is 2. The van der Waals surface area contributed by atoms with Gasteiger partial charge in [0, 0.05) is 42.0 Å². The molecule has 5 rings (SSSR count). The third kappa shape index (κ3) is 10.1. The molecular formula is C34H35ClN6O8. The van der Waals surface area contributed by atoms with Gasteiger partial charge < -0.3 is 35.1 Å². The minimum atomic E-state index is -0.483. The Morgan fingerprint density at radius 2 is 1.96 bits per heavy atom. The predicted molar refractivity (Wildman–Crippen MR) is 180 cm³/mol. The number of halogens is 1. The van der Waals surface area contributed by atoms with Gasteiger partial charge in [0.15, 0.2) is 0 Å². The summed E-state index contributed by atoms with van der Waals surface area (Å²) in [6.45, 7) is 0.708. The van der Waals surface area contributed by atoms with E-state index in [1.807, 2.05) is 18.2 Å². The number of anilines is 3. The Morgan fingerprint density at radius 3 is 2.65 bits per heavy atom. The number of aliphatic hydroxyl groups is 2. The fourth-order valence-electron chi connectivity index (χ4n) is 4.74. The average Bonchev–Trinajstić information content (AvgIpc) is 3.63. The number of pyridine rings is 2. The lowest BCUT2D eigenvalue weighted by Crippen LogP contribution is -2.27. The monoisotopic (exact) mass is 690 g/mol. The highest BCUT2D eigenvalue weighted by Crippen LogP contribution is 2.38. The van der Waals surface area contributed by atoms with Gasteiger partial charge in [-0.3, -0.25) is 24.4 Å². The van der Waals surface area contributed by atoms with Crippen LogP contribution in [0.3, 0.4) is 0 Å². The molecule has 1 amide bonds. The van der Waals surface area contributed by atoms with Crippen LogP contribution in [-0.4, -0.2) is 83.6 Å². The molecule has 1 atom stereocenters. The number of aromatic nitrogens is 2. The highest BCUT2D eigenvalue weighted by molar-refractivity contribution is 6.32. The van der Waals surface area contributed by atoms with Crippen molar-refractivity contribution >= 4 is 45.5 Å². The van der Waals surface area contributed by atoms with Crippen LogP contribution in [0.25, 0.3) is 10.9 Å². The zero-order chi connectivity index (χ0) is 34.4. The first kappa shape index (κ1) is 35.5. The van der Waals surface area contributed by atoms with Crippen molar-refractivity contribution in [3.05, 3.63) is 89.4 Å². The quantitative estimate of drug-likeness (QED) is 0.0911. The second kappa shape index (κ2) is 18.1. The number of rotatable bonds is 17. The average molecular weight is 691 g/mol. The minimum Gasteiger partial charge on any atom is -0.486 e. The predicted octanol–water partition coefficient (Wildman–Crippen LogP) is 4.29. The van der Waals surface area contributed by atoms with Gasteiger partial charge in [-0.1, -0.05) is 29.0 Å². The first-order chi connectivity index (χ1) is 24.0. The zero-order valence-corrected chi connectivity index (χ0v) is 27.1. The van der Waals surface area contributed by atoms with Gasteiger partial charge in [0.1, 0.15) is 30.3 Å². The van der Waals surface area contributed by atoms with Crippen LogP contribution in [0.1, 0.15) is 17.7 Å². The number of amides is 1. The van der Waals surface area contributed by atoms with Crippen molar-refractivity contribution < 1.29 is 38.9 Å². The molecule has 1 fully saturated rings. The fraction of sp³-hybridized carbons (Fsp3) is 0.294. The van der Waals surface area contributed by atoms with E-state index in [0.717, 1.165) is 10.9 Å². The lowest BCUT2D eigenvalue weighted by atomic mass is 10.1. The minimum absolute atomic E-state index is 0.0284. The van der Waals surface area contributed by atoms with Gasteiger partial charge in [-0.2, -0.15) is 5.26 Å². The van der Waals surface area contributed by atoms with Gasteiger partial charge in [0.25, 0.3) is 0 Å². The standard InChI is InChI=1S/C34H35ClN6O8/c35-28-16-24(6-7-31(28)46-21-25-4-1-2-9-37-25)39-34-23(19-36)20-38-29-18-32(49-26-8-13-45-22-26)30(17-27(29)34)40-33(44)5-3-10-41(47-14-11-42)48-15-12-43/h1-7,9,16-18,20,26,42-43H,8,10-15,21-22H2,(H,38,39)(H,40,44)/b5-3+. The summed E-state index contributed by atoms with van der Waals surface area (Å²) in [5, 5.41) is 36.2. The molecule has 0 radical (unpaired) electrons. The van der Waals surface area contributed by atoms with Crippen molar-refractivity contribution in [2.45, 2.75) is 19.1 Å². The number of hydrogen-bond acceptors (Lipinski definition) is 13. The number of carbonyl (C=O) groups is 1. The Labute approximate surface area is 287 Å². The van der Waals surface area contributed by atoms with Crippen LogP contribution in [-0.2, 0) is 25.8 Å². The fourth-order valence-corrected chi connectivity index (χ4v) is 4.98. The van der Waals surface area contributed by atoms with Crippen LogP contribution in [0, 0.1) is 11.3 Å². The molecule has 0 aliphatic carbocycles. The van der Waals surface area contributed by atoms with Crippen molar-refractivity contribution in [2.24, 2.45) is 0 Å². The summed E-state index contributed by atoms with van der Waals surface area (Å²) in [6.07, 6.45) is 6.38. The molecule has 2 aromatic heterocycles. The van der Waals surface area contributed by atoms with E-state index in [1.165, 1.54) is 18.3 Å². The maximum Gasteiger partial charge on any atom is 0.248 e. The molecule has 4 aromatic rings. The van der Waals surface area contributed by atoms with E-state index in [2.05, 4.69) is 26.7 Å². The third-order valence-corrected chi connectivity index (χ3v) is 7.30. The summed E-state index contributed by atoms with van der Waals surface area (Å²) < 4.78 is 17.5. The van der Waals surface area contributed by atoms with Gasteiger partial charge in [0.05, 0.1) is 79.4 Å². The van der Waals surface area contributed by atoms with Gasteiger partial charge in [-0.15, -0.1) is 0 Å². The van der Waals surface area contributed by atoms with E-state index in [0.29, 0.717) is 64.1 Å². The molecule has 49 heavy (non-hydrogen) atoms.